The van der Waals surface area contributed by atoms with Gasteiger partial charge < -0.3 is 15.7 Å². The maximum Gasteiger partial charge on any atom is 0.309 e. The van der Waals surface area contributed by atoms with Gasteiger partial charge in [0, 0.05) is 19.7 Å². The zero-order valence-corrected chi connectivity index (χ0v) is 11.1. The molecular weight excluding hydrogens is 244 g/mol. The average Bonchev–Trinajstić information content (AvgIpc) is 2.45. The molecule has 0 saturated carbocycles. The van der Waals surface area contributed by atoms with Gasteiger partial charge in [-0.05, 0) is 17.9 Å². The van der Waals surface area contributed by atoms with Gasteiger partial charge in [-0.25, -0.2) is 0 Å². The molecule has 0 aromatic heterocycles. The first-order valence-electron chi connectivity index (χ1n) is 6.37. The van der Waals surface area contributed by atoms with E-state index < -0.39 is 11.8 Å². The Morgan fingerprint density at radius 2 is 1.79 bits per heavy atom. The van der Waals surface area contributed by atoms with Crippen LogP contribution in [0.3, 0.4) is 0 Å². The van der Waals surface area contributed by atoms with Gasteiger partial charge in [-0.15, -0.1) is 0 Å². The van der Waals surface area contributed by atoms with Crippen molar-refractivity contribution in [3.8, 4) is 0 Å². The molecule has 0 heterocycles. The zero-order chi connectivity index (χ0) is 14.1. The lowest BCUT2D eigenvalue weighted by molar-refractivity contribution is -0.139. The van der Waals surface area contributed by atoms with Gasteiger partial charge in [0.15, 0.2) is 0 Å². The summed E-state index contributed by atoms with van der Waals surface area (Å²) in [5.41, 5.74) is 1.11. The second kappa shape index (κ2) is 8.26. The van der Waals surface area contributed by atoms with Crippen molar-refractivity contribution in [1.82, 2.24) is 10.6 Å². The molecule has 2 amide bonds. The lowest BCUT2D eigenvalue weighted by Crippen LogP contribution is -2.41. The van der Waals surface area contributed by atoms with E-state index in [1.165, 1.54) is 0 Å². The maximum absolute atomic E-state index is 11.5. The molecule has 0 fully saturated rings. The van der Waals surface area contributed by atoms with Crippen LogP contribution in [0.15, 0.2) is 30.3 Å². The standard InChI is InChI=1S/C14H20N2O3/c1-11(12-6-3-2-4-7-12)10-16-14(19)13(18)15-8-5-9-17/h2-4,6-7,11,17H,5,8-10H2,1H3,(H,15,18)(H,16,19)/t11-/m1/s1. The largest absolute Gasteiger partial charge is 0.396 e. The molecule has 0 saturated heterocycles. The topological polar surface area (TPSA) is 78.4 Å². The molecule has 5 heteroatoms. The molecule has 1 aromatic rings. The molecule has 0 unspecified atom stereocenters. The van der Waals surface area contributed by atoms with E-state index in [-0.39, 0.29) is 12.5 Å². The Hall–Kier alpha value is -1.88. The minimum atomic E-state index is -0.659. The second-order valence-corrected chi connectivity index (χ2v) is 4.35. The van der Waals surface area contributed by atoms with Crippen LogP contribution in [0.5, 0.6) is 0 Å². The lowest BCUT2D eigenvalue weighted by atomic mass is 10.0. The molecule has 0 aliphatic heterocycles. The summed E-state index contributed by atoms with van der Waals surface area (Å²) in [5, 5.41) is 13.6. The molecule has 3 N–H and O–H groups in total. The van der Waals surface area contributed by atoms with Gasteiger partial charge >= 0.3 is 11.8 Å². The fraction of sp³-hybridized carbons (Fsp3) is 0.429. The summed E-state index contributed by atoms with van der Waals surface area (Å²) in [6.07, 6.45) is 0.444. The number of aliphatic hydroxyl groups is 1. The van der Waals surface area contributed by atoms with Gasteiger partial charge in [0.25, 0.3) is 0 Å². The number of hydrogen-bond donors (Lipinski definition) is 3. The Morgan fingerprint density at radius 3 is 2.42 bits per heavy atom. The highest BCUT2D eigenvalue weighted by Crippen LogP contribution is 2.12. The minimum Gasteiger partial charge on any atom is -0.396 e. The highest BCUT2D eigenvalue weighted by molar-refractivity contribution is 6.35. The van der Waals surface area contributed by atoms with Crippen LogP contribution < -0.4 is 10.6 Å². The smallest absolute Gasteiger partial charge is 0.309 e. The van der Waals surface area contributed by atoms with Gasteiger partial charge in [-0.3, -0.25) is 9.59 Å². The quantitative estimate of drug-likeness (QED) is 0.514. The average molecular weight is 264 g/mol. The molecule has 0 radical (unpaired) electrons. The number of aliphatic hydroxyl groups excluding tert-OH is 1. The van der Waals surface area contributed by atoms with Crippen LogP contribution in [0.1, 0.15) is 24.8 Å². The predicted octanol–water partition coefficient (Wildman–Crippen LogP) is 0.405. The first kappa shape index (κ1) is 15.2. The van der Waals surface area contributed by atoms with E-state index in [2.05, 4.69) is 10.6 Å². The van der Waals surface area contributed by atoms with Gasteiger partial charge in [0.2, 0.25) is 0 Å². The first-order valence-corrected chi connectivity index (χ1v) is 6.37. The van der Waals surface area contributed by atoms with Crippen molar-refractivity contribution in [2.24, 2.45) is 0 Å². The number of carbonyl (C=O) groups excluding carboxylic acids is 2. The monoisotopic (exact) mass is 264 g/mol. The van der Waals surface area contributed by atoms with Crippen molar-refractivity contribution in [3.05, 3.63) is 35.9 Å². The Bertz CT molecular complexity index is 406. The molecule has 19 heavy (non-hydrogen) atoms. The van der Waals surface area contributed by atoms with E-state index in [9.17, 15) is 9.59 Å². The van der Waals surface area contributed by atoms with Gasteiger partial charge in [-0.2, -0.15) is 0 Å². The molecule has 0 aliphatic rings. The number of benzene rings is 1. The van der Waals surface area contributed by atoms with Crippen LogP contribution in [0, 0.1) is 0 Å². The molecule has 0 spiro atoms. The van der Waals surface area contributed by atoms with E-state index >= 15 is 0 Å². The van der Waals surface area contributed by atoms with Crippen LogP contribution >= 0.6 is 0 Å². The van der Waals surface area contributed by atoms with Crippen molar-refractivity contribution in [1.29, 1.82) is 0 Å². The number of nitrogens with one attached hydrogen (secondary N) is 2. The van der Waals surface area contributed by atoms with Gasteiger partial charge in [0.1, 0.15) is 0 Å². The third-order valence-electron chi connectivity index (χ3n) is 2.76. The highest BCUT2D eigenvalue weighted by atomic mass is 16.3. The molecule has 1 aromatic carbocycles. The van der Waals surface area contributed by atoms with Crippen molar-refractivity contribution in [2.45, 2.75) is 19.3 Å². The molecule has 104 valence electrons. The molecular formula is C14H20N2O3. The van der Waals surface area contributed by atoms with Crippen LogP contribution in [-0.4, -0.2) is 36.6 Å². The van der Waals surface area contributed by atoms with E-state index in [0.29, 0.717) is 19.5 Å². The fourth-order valence-electron chi connectivity index (χ4n) is 1.59. The summed E-state index contributed by atoms with van der Waals surface area (Å²) in [7, 11) is 0. The predicted molar refractivity (Wildman–Crippen MR) is 72.6 cm³/mol. The molecule has 0 bridgehead atoms. The van der Waals surface area contributed by atoms with Gasteiger partial charge in [-0.1, -0.05) is 37.3 Å². The second-order valence-electron chi connectivity index (χ2n) is 4.35. The van der Waals surface area contributed by atoms with E-state index in [1.54, 1.807) is 0 Å². The van der Waals surface area contributed by atoms with Crippen molar-refractivity contribution in [3.63, 3.8) is 0 Å². The van der Waals surface area contributed by atoms with E-state index in [0.717, 1.165) is 5.56 Å². The molecule has 1 rings (SSSR count). The van der Waals surface area contributed by atoms with Crippen molar-refractivity contribution < 1.29 is 14.7 Å². The number of hydrogen-bond acceptors (Lipinski definition) is 3. The summed E-state index contributed by atoms with van der Waals surface area (Å²) in [5.74, 6) is -1.15. The Morgan fingerprint density at radius 1 is 1.16 bits per heavy atom. The van der Waals surface area contributed by atoms with Gasteiger partial charge in [0.05, 0.1) is 0 Å². The summed E-state index contributed by atoms with van der Waals surface area (Å²) in [4.78, 5) is 22.8. The normalized spacial score (nSPS) is 11.7. The van der Waals surface area contributed by atoms with Crippen LogP contribution in [0.25, 0.3) is 0 Å². The Kier molecular flexibility index (Phi) is 6.60. The zero-order valence-electron chi connectivity index (χ0n) is 11.1. The highest BCUT2D eigenvalue weighted by Gasteiger charge is 2.14. The minimum absolute atomic E-state index is 0.00700. The van der Waals surface area contributed by atoms with Crippen LogP contribution in [0.2, 0.25) is 0 Å². The van der Waals surface area contributed by atoms with E-state index in [4.69, 9.17) is 5.11 Å². The SMILES string of the molecule is C[C@H](CNC(=O)C(=O)NCCCO)c1ccccc1. The summed E-state index contributed by atoms with van der Waals surface area (Å²) >= 11 is 0. The lowest BCUT2D eigenvalue weighted by Gasteiger charge is -2.12. The summed E-state index contributed by atoms with van der Waals surface area (Å²) in [6.45, 7) is 2.69. The third kappa shape index (κ3) is 5.52. The number of rotatable bonds is 6. The third-order valence-corrected chi connectivity index (χ3v) is 2.76. The van der Waals surface area contributed by atoms with Crippen molar-refractivity contribution >= 4 is 11.8 Å². The Labute approximate surface area is 113 Å². The molecule has 5 nitrogen and oxygen atoms in total. The molecule has 1 atom stereocenters. The van der Waals surface area contributed by atoms with Crippen LogP contribution in [-0.2, 0) is 9.59 Å². The van der Waals surface area contributed by atoms with Crippen molar-refractivity contribution in [2.75, 3.05) is 19.7 Å². The number of carbonyl (C=O) groups is 2. The molecule has 0 aliphatic carbocycles. The number of amides is 2. The summed E-state index contributed by atoms with van der Waals surface area (Å²) in [6, 6.07) is 9.78. The summed E-state index contributed by atoms with van der Waals surface area (Å²) < 4.78 is 0. The first-order chi connectivity index (χ1) is 9.15. The fourth-order valence-corrected chi connectivity index (χ4v) is 1.59. The van der Waals surface area contributed by atoms with E-state index in [1.807, 2.05) is 37.3 Å². The Balaban J connectivity index is 2.31. The maximum atomic E-state index is 11.5. The van der Waals surface area contributed by atoms with Crippen LogP contribution in [0.4, 0.5) is 0 Å².